The Hall–Kier alpha value is -2.38. The number of amides is 1. The molecule has 21 heavy (non-hydrogen) atoms. The Balaban J connectivity index is 1.99. The number of carbonyl (C=O) groups is 1. The van der Waals surface area contributed by atoms with E-state index in [0.717, 1.165) is 6.26 Å². The lowest BCUT2D eigenvalue weighted by molar-refractivity contribution is -0.274. The summed E-state index contributed by atoms with van der Waals surface area (Å²) in [6.45, 7) is 0.456. The minimum Gasteiger partial charge on any atom is -0.494 e. The van der Waals surface area contributed by atoms with Gasteiger partial charge in [0.05, 0.1) is 0 Å². The molecule has 0 saturated heterocycles. The molecule has 1 aromatic carbocycles. The highest BCUT2D eigenvalue weighted by Crippen LogP contribution is 2.26. The van der Waals surface area contributed by atoms with E-state index >= 15 is 0 Å². The Morgan fingerprint density at radius 2 is 2.05 bits per heavy atom. The highest BCUT2D eigenvalue weighted by atomic mass is 19.4. The van der Waals surface area contributed by atoms with Crippen molar-refractivity contribution in [3.8, 4) is 5.75 Å². The first kappa shape index (κ1) is 15.0. The van der Waals surface area contributed by atoms with Gasteiger partial charge in [-0.1, -0.05) is 18.2 Å². The molecular formula is C13H12F3NO4. The van der Waals surface area contributed by atoms with Gasteiger partial charge in [-0.3, -0.25) is 4.79 Å². The number of nitrogens with one attached hydrogen (secondary N) is 1. The van der Waals surface area contributed by atoms with Gasteiger partial charge in [0.1, 0.15) is 25.2 Å². The van der Waals surface area contributed by atoms with Crippen molar-refractivity contribution in [2.45, 2.75) is 12.9 Å². The van der Waals surface area contributed by atoms with Gasteiger partial charge in [0.15, 0.2) is 0 Å². The third-order valence-corrected chi connectivity index (χ3v) is 2.51. The van der Waals surface area contributed by atoms with Gasteiger partial charge in [-0.2, -0.15) is 0 Å². The first-order chi connectivity index (χ1) is 9.96. The molecule has 0 aliphatic carbocycles. The summed E-state index contributed by atoms with van der Waals surface area (Å²) in [5.74, 6) is -0.952. The lowest BCUT2D eigenvalue weighted by Gasteiger charge is -2.16. The molecular weight excluding hydrogens is 291 g/mol. The van der Waals surface area contributed by atoms with Crippen LogP contribution in [-0.4, -0.2) is 25.5 Å². The number of ether oxygens (including phenoxy) is 3. The first-order valence-electron chi connectivity index (χ1n) is 6.02. The monoisotopic (exact) mass is 303 g/mol. The minimum absolute atomic E-state index is 0.0181. The normalized spacial score (nSPS) is 14.5. The van der Waals surface area contributed by atoms with E-state index < -0.39 is 12.3 Å². The van der Waals surface area contributed by atoms with E-state index in [4.69, 9.17) is 9.47 Å². The van der Waals surface area contributed by atoms with Gasteiger partial charge in [0.25, 0.3) is 5.91 Å². The first-order valence-corrected chi connectivity index (χ1v) is 6.02. The zero-order chi connectivity index (χ0) is 15.3. The van der Waals surface area contributed by atoms with E-state index in [9.17, 15) is 18.0 Å². The van der Waals surface area contributed by atoms with Crippen molar-refractivity contribution in [2.24, 2.45) is 0 Å². The van der Waals surface area contributed by atoms with Crippen molar-refractivity contribution in [3.05, 3.63) is 41.9 Å². The zero-order valence-corrected chi connectivity index (χ0v) is 10.8. The number of para-hydroxylation sites is 1. The topological polar surface area (TPSA) is 56.8 Å². The van der Waals surface area contributed by atoms with E-state index in [1.165, 1.54) is 18.2 Å². The van der Waals surface area contributed by atoms with Gasteiger partial charge in [0.2, 0.25) is 5.76 Å². The third-order valence-electron chi connectivity index (χ3n) is 2.51. The van der Waals surface area contributed by atoms with Crippen molar-refractivity contribution < 1.29 is 32.2 Å². The van der Waals surface area contributed by atoms with E-state index in [1.54, 1.807) is 6.07 Å². The predicted molar refractivity (Wildman–Crippen MR) is 65.0 cm³/mol. The molecule has 0 fully saturated rings. The maximum Gasteiger partial charge on any atom is 0.573 e. The van der Waals surface area contributed by atoms with Crippen LogP contribution in [0.2, 0.25) is 0 Å². The molecule has 0 radical (unpaired) electrons. The fourth-order valence-corrected chi connectivity index (χ4v) is 1.62. The maximum atomic E-state index is 12.3. The lowest BCUT2D eigenvalue weighted by atomic mass is 10.2. The van der Waals surface area contributed by atoms with Crippen LogP contribution >= 0.6 is 0 Å². The molecule has 0 saturated carbocycles. The maximum absolute atomic E-state index is 12.3. The molecule has 0 unspecified atom stereocenters. The highest BCUT2D eigenvalue weighted by Gasteiger charge is 2.32. The van der Waals surface area contributed by atoms with E-state index in [2.05, 4.69) is 10.1 Å². The SMILES string of the molecule is O=C(NCc1ccccc1OC(F)(F)F)C1=COCCO1. The van der Waals surface area contributed by atoms with Crippen molar-refractivity contribution in [1.82, 2.24) is 5.32 Å². The minimum atomic E-state index is -4.79. The number of hydrogen-bond donors (Lipinski definition) is 1. The summed E-state index contributed by atoms with van der Waals surface area (Å²) in [4.78, 5) is 11.7. The summed E-state index contributed by atoms with van der Waals surface area (Å²) >= 11 is 0. The molecule has 0 spiro atoms. The van der Waals surface area contributed by atoms with E-state index in [-0.39, 0.29) is 30.2 Å². The predicted octanol–water partition coefficient (Wildman–Crippen LogP) is 2.09. The third kappa shape index (κ3) is 4.59. The molecule has 1 heterocycles. The summed E-state index contributed by atoms with van der Waals surface area (Å²) in [5.41, 5.74) is 0.195. The summed E-state index contributed by atoms with van der Waals surface area (Å²) in [6.07, 6.45) is -3.63. The van der Waals surface area contributed by atoms with Crippen LogP contribution in [0, 0.1) is 0 Å². The molecule has 1 aromatic rings. The smallest absolute Gasteiger partial charge is 0.494 e. The van der Waals surface area contributed by atoms with E-state index in [1.807, 2.05) is 0 Å². The summed E-state index contributed by atoms with van der Waals surface area (Å²) in [7, 11) is 0. The average molecular weight is 303 g/mol. The Morgan fingerprint density at radius 3 is 2.71 bits per heavy atom. The largest absolute Gasteiger partial charge is 0.573 e. The summed E-state index contributed by atoms with van der Waals surface area (Å²) in [6, 6.07) is 5.56. The van der Waals surface area contributed by atoms with Crippen LogP contribution in [0.3, 0.4) is 0 Å². The zero-order valence-electron chi connectivity index (χ0n) is 10.8. The quantitative estimate of drug-likeness (QED) is 0.925. The second-order valence-corrected chi connectivity index (χ2v) is 4.04. The molecule has 8 heteroatoms. The van der Waals surface area contributed by atoms with Crippen LogP contribution in [-0.2, 0) is 20.8 Å². The number of hydrogen-bond acceptors (Lipinski definition) is 4. The average Bonchev–Trinajstić information content (AvgIpc) is 2.45. The fourth-order valence-electron chi connectivity index (χ4n) is 1.62. The molecule has 1 N–H and O–H groups in total. The van der Waals surface area contributed by atoms with Crippen LogP contribution in [0.4, 0.5) is 13.2 Å². The van der Waals surface area contributed by atoms with Crippen molar-refractivity contribution in [2.75, 3.05) is 13.2 Å². The van der Waals surface area contributed by atoms with Crippen molar-refractivity contribution in [3.63, 3.8) is 0 Å². The fraction of sp³-hybridized carbons (Fsp3) is 0.308. The number of halogens is 3. The van der Waals surface area contributed by atoms with Crippen LogP contribution < -0.4 is 10.1 Å². The Morgan fingerprint density at radius 1 is 1.29 bits per heavy atom. The van der Waals surface area contributed by atoms with Gasteiger partial charge < -0.3 is 19.5 Å². The van der Waals surface area contributed by atoms with Crippen LogP contribution in [0.25, 0.3) is 0 Å². The van der Waals surface area contributed by atoms with Gasteiger partial charge in [0, 0.05) is 12.1 Å². The van der Waals surface area contributed by atoms with Crippen LogP contribution in [0.5, 0.6) is 5.75 Å². The Bertz CT molecular complexity index is 542. The number of benzene rings is 1. The Kier molecular flexibility index (Phi) is 4.56. The van der Waals surface area contributed by atoms with Crippen LogP contribution in [0.1, 0.15) is 5.56 Å². The lowest BCUT2D eigenvalue weighted by Crippen LogP contribution is -2.28. The summed E-state index contributed by atoms with van der Waals surface area (Å²) < 4.78 is 50.6. The number of alkyl halides is 3. The van der Waals surface area contributed by atoms with Gasteiger partial charge in [-0.25, -0.2) is 0 Å². The Labute approximate surface area is 118 Å². The second kappa shape index (κ2) is 6.38. The number of rotatable bonds is 4. The van der Waals surface area contributed by atoms with Crippen molar-refractivity contribution >= 4 is 5.91 Å². The second-order valence-electron chi connectivity index (χ2n) is 4.04. The molecule has 1 aliphatic rings. The highest BCUT2D eigenvalue weighted by molar-refractivity contribution is 5.91. The molecule has 1 aliphatic heterocycles. The summed E-state index contributed by atoms with van der Waals surface area (Å²) in [5, 5.41) is 2.44. The van der Waals surface area contributed by atoms with E-state index in [0.29, 0.717) is 6.61 Å². The van der Waals surface area contributed by atoms with Gasteiger partial charge in [-0.05, 0) is 6.07 Å². The molecule has 0 aromatic heterocycles. The molecule has 1 amide bonds. The molecule has 0 atom stereocenters. The van der Waals surface area contributed by atoms with Crippen LogP contribution in [0.15, 0.2) is 36.3 Å². The van der Waals surface area contributed by atoms with Gasteiger partial charge >= 0.3 is 6.36 Å². The molecule has 2 rings (SSSR count). The van der Waals surface area contributed by atoms with Crippen molar-refractivity contribution in [1.29, 1.82) is 0 Å². The van der Waals surface area contributed by atoms with Gasteiger partial charge in [-0.15, -0.1) is 13.2 Å². The molecule has 114 valence electrons. The number of carbonyl (C=O) groups excluding carboxylic acids is 1. The standard InChI is InChI=1S/C13H12F3NO4/c14-13(15,16)21-10-4-2-1-3-9(10)7-17-12(18)11-8-19-5-6-20-11/h1-4,8H,5-7H2,(H,17,18). The molecule has 5 nitrogen and oxygen atoms in total. The molecule has 0 bridgehead atoms.